The number of rotatable bonds is 14. The van der Waals surface area contributed by atoms with E-state index in [0.29, 0.717) is 18.2 Å². The molecule has 0 bridgehead atoms. The van der Waals surface area contributed by atoms with Gasteiger partial charge in [-0.2, -0.15) is 0 Å². The number of hydrogen-bond acceptors (Lipinski definition) is 4. The minimum absolute atomic E-state index is 0.450. The molecule has 2 aromatic rings. The number of ether oxygens (including phenoxy) is 3. The largest absolute Gasteiger partial charge is 0.490 e. The Bertz CT molecular complexity index is 725. The topological polar surface area (TPSA) is 39.7 Å². The summed E-state index contributed by atoms with van der Waals surface area (Å²) in [6.45, 7) is 8.53. The lowest BCUT2D eigenvalue weighted by Gasteiger charge is -2.16. The maximum atomic E-state index is 6.04. The van der Waals surface area contributed by atoms with Gasteiger partial charge in [-0.15, -0.1) is 0 Å². The lowest BCUT2D eigenvalue weighted by molar-refractivity contribution is 0.129. The fourth-order valence-electron chi connectivity index (χ4n) is 2.74. The van der Waals surface area contributed by atoms with Gasteiger partial charge in [0.2, 0.25) is 0 Å². The lowest BCUT2D eigenvalue weighted by Crippen LogP contribution is -2.16. The van der Waals surface area contributed by atoms with Crippen molar-refractivity contribution in [2.45, 2.75) is 46.3 Å². The third-order valence-electron chi connectivity index (χ3n) is 4.28. The van der Waals surface area contributed by atoms with E-state index in [1.807, 2.05) is 37.3 Å². The minimum Gasteiger partial charge on any atom is -0.490 e. The van der Waals surface area contributed by atoms with Gasteiger partial charge < -0.3 is 19.5 Å². The number of nitrogens with one attached hydrogen (secondary N) is 1. The Balaban J connectivity index is 1.88. The molecule has 0 amide bonds. The third kappa shape index (κ3) is 8.95. The van der Waals surface area contributed by atoms with Crippen molar-refractivity contribution in [3.63, 3.8) is 0 Å². The first-order valence-electron chi connectivity index (χ1n) is 10.2. The molecule has 0 atom stereocenters. The van der Waals surface area contributed by atoms with E-state index < -0.39 is 0 Å². The summed E-state index contributed by atoms with van der Waals surface area (Å²) in [6, 6.07) is 11.8. The summed E-state index contributed by atoms with van der Waals surface area (Å²) in [7, 11) is 0. The Morgan fingerprint density at radius 1 is 0.966 bits per heavy atom. The third-order valence-corrected chi connectivity index (χ3v) is 5.12. The zero-order valence-electron chi connectivity index (χ0n) is 17.3. The fraction of sp³-hybridized carbons (Fsp3) is 0.478. The molecule has 2 rings (SSSR count). The van der Waals surface area contributed by atoms with E-state index in [-0.39, 0.29) is 0 Å². The Hall–Kier alpha value is -1.27. The predicted molar refractivity (Wildman–Crippen MR) is 123 cm³/mol. The molecule has 0 unspecified atom stereocenters. The van der Waals surface area contributed by atoms with E-state index in [2.05, 4.69) is 34.2 Å². The average molecular weight is 485 g/mol. The van der Waals surface area contributed by atoms with Crippen molar-refractivity contribution in [2.24, 2.45) is 0 Å². The normalized spacial score (nSPS) is 10.9. The zero-order valence-corrected chi connectivity index (χ0v) is 19.7. The van der Waals surface area contributed by atoms with Gasteiger partial charge in [0.1, 0.15) is 6.61 Å². The van der Waals surface area contributed by atoms with Crippen molar-refractivity contribution in [3.05, 3.63) is 57.0 Å². The van der Waals surface area contributed by atoms with Crippen molar-refractivity contribution >= 4 is 27.5 Å². The van der Waals surface area contributed by atoms with E-state index in [0.717, 1.165) is 66.2 Å². The number of hydrogen-bond donors (Lipinski definition) is 1. The molecular weight excluding hydrogens is 454 g/mol. The highest BCUT2D eigenvalue weighted by Gasteiger charge is 2.12. The standard InChI is InChI=1S/C23H31BrClNO3/c1-3-5-12-27-13-6-11-26-16-19-14-21(24)23(22(15-19)28-4-2)29-17-18-7-9-20(25)10-8-18/h7-10,14-15,26H,3-6,11-13,16-17H2,1-2H3. The molecular formula is C23H31BrClNO3. The summed E-state index contributed by atoms with van der Waals surface area (Å²) in [4.78, 5) is 0. The molecule has 29 heavy (non-hydrogen) atoms. The summed E-state index contributed by atoms with van der Waals surface area (Å²) in [5.74, 6) is 1.46. The second-order valence-corrected chi connectivity index (χ2v) is 8.04. The summed E-state index contributed by atoms with van der Waals surface area (Å²) < 4.78 is 18.3. The van der Waals surface area contributed by atoms with Crippen LogP contribution in [-0.4, -0.2) is 26.4 Å². The van der Waals surface area contributed by atoms with Crippen LogP contribution in [0, 0.1) is 0 Å². The molecule has 0 saturated carbocycles. The fourth-order valence-corrected chi connectivity index (χ4v) is 3.47. The van der Waals surface area contributed by atoms with Gasteiger partial charge in [-0.05, 0) is 77.6 Å². The molecule has 6 heteroatoms. The van der Waals surface area contributed by atoms with Gasteiger partial charge in [-0.1, -0.05) is 37.1 Å². The molecule has 0 aliphatic carbocycles. The van der Waals surface area contributed by atoms with Gasteiger partial charge in [-0.25, -0.2) is 0 Å². The van der Waals surface area contributed by atoms with Gasteiger partial charge in [0.15, 0.2) is 11.5 Å². The molecule has 4 nitrogen and oxygen atoms in total. The Morgan fingerprint density at radius 2 is 1.72 bits per heavy atom. The predicted octanol–water partition coefficient (Wildman–Crippen LogP) is 6.38. The van der Waals surface area contributed by atoms with E-state index in [1.165, 1.54) is 6.42 Å². The number of benzene rings is 2. The molecule has 160 valence electrons. The highest BCUT2D eigenvalue weighted by Crippen LogP contribution is 2.37. The first-order valence-corrected chi connectivity index (χ1v) is 11.4. The first kappa shape index (κ1) is 24.0. The van der Waals surface area contributed by atoms with Gasteiger partial charge >= 0.3 is 0 Å². The van der Waals surface area contributed by atoms with Crippen LogP contribution in [0.5, 0.6) is 11.5 Å². The summed E-state index contributed by atoms with van der Waals surface area (Å²) in [5.41, 5.74) is 2.20. The van der Waals surface area contributed by atoms with Crippen LogP contribution in [0.25, 0.3) is 0 Å². The first-order chi connectivity index (χ1) is 14.1. The molecule has 2 aromatic carbocycles. The number of unbranched alkanes of at least 4 members (excludes halogenated alkanes) is 1. The van der Waals surface area contributed by atoms with Crippen LogP contribution in [0.2, 0.25) is 5.02 Å². The van der Waals surface area contributed by atoms with E-state index in [1.54, 1.807) is 0 Å². The van der Waals surface area contributed by atoms with E-state index in [4.69, 9.17) is 25.8 Å². The second kappa shape index (κ2) is 13.9. The Kier molecular flexibility index (Phi) is 11.5. The van der Waals surface area contributed by atoms with Crippen LogP contribution in [0.1, 0.15) is 44.2 Å². The summed E-state index contributed by atoms with van der Waals surface area (Å²) in [5, 5.41) is 4.18. The highest BCUT2D eigenvalue weighted by atomic mass is 79.9. The summed E-state index contributed by atoms with van der Waals surface area (Å²) >= 11 is 9.58. The molecule has 0 aliphatic rings. The molecule has 0 aromatic heterocycles. The monoisotopic (exact) mass is 483 g/mol. The maximum Gasteiger partial charge on any atom is 0.175 e. The minimum atomic E-state index is 0.450. The number of halogens is 2. The molecule has 0 heterocycles. The van der Waals surface area contributed by atoms with Crippen molar-refractivity contribution in [1.29, 1.82) is 0 Å². The highest BCUT2D eigenvalue weighted by molar-refractivity contribution is 9.10. The van der Waals surface area contributed by atoms with Gasteiger partial charge in [0.25, 0.3) is 0 Å². The van der Waals surface area contributed by atoms with Gasteiger partial charge in [-0.3, -0.25) is 0 Å². The second-order valence-electron chi connectivity index (χ2n) is 6.75. The smallest absolute Gasteiger partial charge is 0.175 e. The van der Waals surface area contributed by atoms with Crippen molar-refractivity contribution in [1.82, 2.24) is 5.32 Å². The molecule has 1 N–H and O–H groups in total. The Morgan fingerprint density at radius 3 is 2.45 bits per heavy atom. The Labute approximate surface area is 188 Å². The SMILES string of the molecule is CCCCOCCCNCc1cc(Br)c(OCc2ccc(Cl)cc2)c(OCC)c1. The van der Waals surface area contributed by atoms with Crippen LogP contribution in [0.3, 0.4) is 0 Å². The van der Waals surface area contributed by atoms with Crippen LogP contribution >= 0.6 is 27.5 Å². The van der Waals surface area contributed by atoms with Crippen LogP contribution in [0.4, 0.5) is 0 Å². The average Bonchev–Trinajstić information content (AvgIpc) is 2.71. The lowest BCUT2D eigenvalue weighted by atomic mass is 10.2. The summed E-state index contributed by atoms with van der Waals surface area (Å²) in [6.07, 6.45) is 3.31. The van der Waals surface area contributed by atoms with Crippen LogP contribution < -0.4 is 14.8 Å². The zero-order chi connectivity index (χ0) is 20.9. The van der Waals surface area contributed by atoms with Crippen LogP contribution in [0.15, 0.2) is 40.9 Å². The maximum absolute atomic E-state index is 6.04. The molecule has 0 radical (unpaired) electrons. The van der Waals surface area contributed by atoms with Crippen LogP contribution in [-0.2, 0) is 17.9 Å². The van der Waals surface area contributed by atoms with Gasteiger partial charge in [0.05, 0.1) is 11.1 Å². The quantitative estimate of drug-likeness (QED) is 0.316. The van der Waals surface area contributed by atoms with E-state index >= 15 is 0 Å². The molecule has 0 aliphatic heterocycles. The van der Waals surface area contributed by atoms with Crippen molar-refractivity contribution in [3.8, 4) is 11.5 Å². The molecule has 0 saturated heterocycles. The van der Waals surface area contributed by atoms with E-state index in [9.17, 15) is 0 Å². The molecule has 0 fully saturated rings. The van der Waals surface area contributed by atoms with Gasteiger partial charge in [0, 0.05) is 24.8 Å². The van der Waals surface area contributed by atoms with Crippen molar-refractivity contribution in [2.75, 3.05) is 26.4 Å². The van der Waals surface area contributed by atoms with Crippen molar-refractivity contribution < 1.29 is 14.2 Å². The molecule has 0 spiro atoms.